The lowest BCUT2D eigenvalue weighted by Crippen LogP contribution is -2.51. The van der Waals surface area contributed by atoms with Gasteiger partial charge in [-0.25, -0.2) is 8.42 Å². The summed E-state index contributed by atoms with van der Waals surface area (Å²) in [5.74, 6) is -0.890. The lowest BCUT2D eigenvalue weighted by atomic mass is 10.1. The molecule has 0 aliphatic heterocycles. The third-order valence-electron chi connectivity index (χ3n) is 5.19. The number of carbonyl (C=O) groups is 2. The Hall–Kier alpha value is -2.29. The first-order valence-electron chi connectivity index (χ1n) is 10.6. The summed E-state index contributed by atoms with van der Waals surface area (Å²) in [6.45, 7) is 5.31. The zero-order chi connectivity index (χ0) is 24.8. The van der Waals surface area contributed by atoms with Crippen molar-refractivity contribution < 1.29 is 18.0 Å². The van der Waals surface area contributed by atoms with E-state index in [4.69, 9.17) is 23.2 Å². The van der Waals surface area contributed by atoms with Crippen molar-refractivity contribution in [1.29, 1.82) is 0 Å². The molecule has 0 radical (unpaired) electrons. The van der Waals surface area contributed by atoms with Gasteiger partial charge in [-0.3, -0.25) is 13.9 Å². The molecule has 0 saturated heterocycles. The highest BCUT2D eigenvalue weighted by Gasteiger charge is 2.30. The summed E-state index contributed by atoms with van der Waals surface area (Å²) in [5.41, 5.74) is 2.00. The van der Waals surface area contributed by atoms with Crippen molar-refractivity contribution in [3.05, 3.63) is 63.6 Å². The third-order valence-corrected chi connectivity index (χ3v) is 6.91. The summed E-state index contributed by atoms with van der Waals surface area (Å²) in [5, 5.41) is 3.49. The first kappa shape index (κ1) is 27.0. The first-order valence-corrected chi connectivity index (χ1v) is 13.2. The number of halogens is 2. The van der Waals surface area contributed by atoms with Crippen LogP contribution in [-0.2, 0) is 32.6 Å². The second-order valence-corrected chi connectivity index (χ2v) is 10.4. The van der Waals surface area contributed by atoms with E-state index < -0.39 is 28.5 Å². The molecule has 0 spiro atoms. The van der Waals surface area contributed by atoms with Crippen LogP contribution in [0.4, 0.5) is 5.69 Å². The van der Waals surface area contributed by atoms with Gasteiger partial charge in [0.1, 0.15) is 12.6 Å². The zero-order valence-corrected chi connectivity index (χ0v) is 21.5. The topological polar surface area (TPSA) is 86.8 Å². The number of nitrogens with one attached hydrogen (secondary N) is 1. The quantitative estimate of drug-likeness (QED) is 0.522. The van der Waals surface area contributed by atoms with Crippen LogP contribution in [0.1, 0.15) is 31.9 Å². The Morgan fingerprint density at radius 1 is 1.06 bits per heavy atom. The van der Waals surface area contributed by atoms with Crippen LogP contribution in [0.25, 0.3) is 0 Å². The molecule has 2 rings (SSSR count). The van der Waals surface area contributed by atoms with E-state index in [-0.39, 0.29) is 12.5 Å². The Labute approximate surface area is 205 Å². The first-order chi connectivity index (χ1) is 15.5. The Kier molecular flexibility index (Phi) is 9.57. The van der Waals surface area contributed by atoms with Gasteiger partial charge in [0.25, 0.3) is 0 Å². The van der Waals surface area contributed by atoms with Gasteiger partial charge in [-0.1, -0.05) is 48.3 Å². The van der Waals surface area contributed by atoms with E-state index in [1.807, 2.05) is 19.1 Å². The Morgan fingerprint density at radius 2 is 1.70 bits per heavy atom. The van der Waals surface area contributed by atoms with Crippen LogP contribution >= 0.6 is 23.2 Å². The van der Waals surface area contributed by atoms with E-state index >= 15 is 0 Å². The minimum atomic E-state index is -3.77. The standard InChI is InChI=1S/C23H29Cl2N3O4S/c1-5-17-7-11-20(12-8-17)28(33(4,31)32)15-22(29)27(16(3)23(30)26-6-2)14-18-9-10-19(24)13-21(18)25/h7-13,16H,5-6,14-15H2,1-4H3,(H,26,30). The van der Waals surface area contributed by atoms with Gasteiger partial charge in [-0.05, 0) is 55.7 Å². The number of amides is 2. The molecule has 7 nitrogen and oxygen atoms in total. The highest BCUT2D eigenvalue weighted by molar-refractivity contribution is 7.92. The van der Waals surface area contributed by atoms with Crippen LogP contribution in [0.15, 0.2) is 42.5 Å². The molecule has 10 heteroatoms. The molecular formula is C23H29Cl2N3O4S. The molecule has 0 bridgehead atoms. The van der Waals surface area contributed by atoms with Crippen molar-refractivity contribution in [2.45, 2.75) is 39.8 Å². The van der Waals surface area contributed by atoms with Gasteiger partial charge < -0.3 is 10.2 Å². The SMILES string of the molecule is CCNC(=O)C(C)N(Cc1ccc(Cl)cc1Cl)C(=O)CN(c1ccc(CC)cc1)S(C)(=O)=O. The van der Waals surface area contributed by atoms with Crippen molar-refractivity contribution in [3.63, 3.8) is 0 Å². The van der Waals surface area contributed by atoms with E-state index in [1.165, 1.54) is 4.90 Å². The largest absolute Gasteiger partial charge is 0.355 e. The number of sulfonamides is 1. The summed E-state index contributed by atoms with van der Waals surface area (Å²) in [6, 6.07) is 11.0. The summed E-state index contributed by atoms with van der Waals surface area (Å²) in [4.78, 5) is 27.3. The summed E-state index contributed by atoms with van der Waals surface area (Å²) >= 11 is 12.3. The molecule has 0 fully saturated rings. The van der Waals surface area contributed by atoms with E-state index in [2.05, 4.69) is 5.32 Å². The van der Waals surface area contributed by atoms with Crippen molar-refractivity contribution in [1.82, 2.24) is 10.2 Å². The smallest absolute Gasteiger partial charge is 0.244 e. The van der Waals surface area contributed by atoms with Gasteiger partial charge in [-0.15, -0.1) is 0 Å². The van der Waals surface area contributed by atoms with E-state index in [9.17, 15) is 18.0 Å². The average molecular weight is 514 g/mol. The number of carbonyl (C=O) groups excluding carboxylic acids is 2. The second-order valence-electron chi connectivity index (χ2n) is 7.62. The molecule has 2 aromatic carbocycles. The van der Waals surface area contributed by atoms with E-state index in [1.54, 1.807) is 44.2 Å². The molecule has 0 aliphatic rings. The molecule has 0 aromatic heterocycles. The zero-order valence-electron chi connectivity index (χ0n) is 19.1. The molecule has 1 atom stereocenters. The monoisotopic (exact) mass is 513 g/mol. The van der Waals surface area contributed by atoms with Crippen molar-refractivity contribution in [2.24, 2.45) is 0 Å². The number of likely N-dealkylation sites (N-methyl/N-ethyl adjacent to an activating group) is 1. The molecule has 2 amide bonds. The maximum atomic E-state index is 13.4. The van der Waals surface area contributed by atoms with Crippen LogP contribution in [0.3, 0.4) is 0 Å². The molecule has 180 valence electrons. The van der Waals surface area contributed by atoms with Crippen molar-refractivity contribution in [2.75, 3.05) is 23.7 Å². The molecule has 1 unspecified atom stereocenters. The molecule has 33 heavy (non-hydrogen) atoms. The van der Waals surface area contributed by atoms with Gasteiger partial charge >= 0.3 is 0 Å². The fourth-order valence-corrected chi connectivity index (χ4v) is 4.57. The average Bonchev–Trinajstić information content (AvgIpc) is 2.76. The van der Waals surface area contributed by atoms with Crippen LogP contribution in [-0.4, -0.2) is 50.5 Å². The number of anilines is 1. The minimum Gasteiger partial charge on any atom is -0.355 e. The van der Waals surface area contributed by atoms with Gasteiger partial charge in [0.2, 0.25) is 21.8 Å². The van der Waals surface area contributed by atoms with Crippen LogP contribution in [0.5, 0.6) is 0 Å². The Bertz CT molecular complexity index is 1090. The number of aryl methyl sites for hydroxylation is 1. The highest BCUT2D eigenvalue weighted by Crippen LogP contribution is 2.24. The third kappa shape index (κ3) is 7.35. The molecule has 0 saturated carbocycles. The molecule has 0 aliphatic carbocycles. The van der Waals surface area contributed by atoms with Gasteiger partial charge in [0.05, 0.1) is 11.9 Å². The highest BCUT2D eigenvalue weighted by atomic mass is 35.5. The Morgan fingerprint density at radius 3 is 2.21 bits per heavy atom. The fourth-order valence-electron chi connectivity index (χ4n) is 3.25. The predicted molar refractivity (Wildman–Crippen MR) is 133 cm³/mol. The lowest BCUT2D eigenvalue weighted by molar-refractivity contribution is -0.139. The fraction of sp³-hybridized carbons (Fsp3) is 0.391. The number of hydrogen-bond acceptors (Lipinski definition) is 4. The predicted octanol–water partition coefficient (Wildman–Crippen LogP) is 3.88. The maximum absolute atomic E-state index is 13.4. The number of benzene rings is 2. The van der Waals surface area contributed by atoms with E-state index in [0.29, 0.717) is 27.8 Å². The molecule has 2 aromatic rings. The number of nitrogens with zero attached hydrogens (tertiary/aromatic N) is 2. The second kappa shape index (κ2) is 11.7. The molecular weight excluding hydrogens is 485 g/mol. The summed E-state index contributed by atoms with van der Waals surface area (Å²) in [7, 11) is -3.77. The van der Waals surface area contributed by atoms with E-state index in [0.717, 1.165) is 22.5 Å². The summed E-state index contributed by atoms with van der Waals surface area (Å²) in [6.07, 6.45) is 1.85. The van der Waals surface area contributed by atoms with Crippen LogP contribution in [0.2, 0.25) is 10.0 Å². The van der Waals surface area contributed by atoms with Gasteiger partial charge in [0.15, 0.2) is 0 Å². The van der Waals surface area contributed by atoms with Crippen LogP contribution in [0, 0.1) is 0 Å². The lowest BCUT2D eigenvalue weighted by Gasteiger charge is -2.31. The minimum absolute atomic E-state index is 0.0134. The molecule has 1 N–H and O–H groups in total. The van der Waals surface area contributed by atoms with Crippen molar-refractivity contribution >= 4 is 50.7 Å². The van der Waals surface area contributed by atoms with Crippen molar-refractivity contribution in [3.8, 4) is 0 Å². The number of hydrogen-bond donors (Lipinski definition) is 1. The Balaban J connectivity index is 2.40. The summed E-state index contributed by atoms with van der Waals surface area (Å²) < 4.78 is 26.1. The number of rotatable bonds is 10. The van der Waals surface area contributed by atoms with Gasteiger partial charge in [-0.2, -0.15) is 0 Å². The van der Waals surface area contributed by atoms with Gasteiger partial charge in [0, 0.05) is 23.1 Å². The maximum Gasteiger partial charge on any atom is 0.244 e. The normalized spacial score (nSPS) is 12.2. The molecule has 0 heterocycles. The van der Waals surface area contributed by atoms with Crippen LogP contribution < -0.4 is 9.62 Å².